The zero-order valence-corrected chi connectivity index (χ0v) is 17.8. The number of thiocyanates is 1. The van der Waals surface area contributed by atoms with E-state index in [1.165, 1.54) is 16.9 Å². The quantitative estimate of drug-likeness (QED) is 0.320. The Morgan fingerprint density at radius 2 is 2.07 bits per heavy atom. The maximum Gasteiger partial charge on any atom is 0.325 e. The molecule has 2 aromatic carbocycles. The topological polar surface area (TPSA) is 77.8 Å². The molecule has 0 bridgehead atoms. The van der Waals surface area contributed by atoms with Crippen molar-refractivity contribution >= 4 is 66.1 Å². The molecular weight excluding hydrogens is 444 g/mol. The number of aryl methyl sites for hydroxylation is 1. The predicted octanol–water partition coefficient (Wildman–Crippen LogP) is 6.62. The summed E-state index contributed by atoms with van der Waals surface area (Å²) >= 11 is 5.88. The second kappa shape index (κ2) is 9.22. The van der Waals surface area contributed by atoms with Crippen LogP contribution in [0, 0.1) is 10.7 Å². The number of carbonyl (C=O) groups is 1. The highest BCUT2D eigenvalue weighted by molar-refractivity contribution is 9.10. The van der Waals surface area contributed by atoms with Gasteiger partial charge in [-0.05, 0) is 66.6 Å². The second-order valence-corrected chi connectivity index (χ2v) is 8.62. The number of aromatic nitrogens is 1. The molecule has 2 amide bonds. The third-order valence-electron chi connectivity index (χ3n) is 3.82. The zero-order chi connectivity index (χ0) is 19.2. The molecule has 0 radical (unpaired) electrons. The van der Waals surface area contributed by atoms with E-state index >= 15 is 0 Å². The summed E-state index contributed by atoms with van der Waals surface area (Å²) < 4.78 is 1.92. The van der Waals surface area contributed by atoms with E-state index in [0.717, 1.165) is 50.6 Å². The Labute approximate surface area is 174 Å². The number of benzene rings is 2. The number of thioether (sulfide) groups is 1. The number of hydrogen-bond donors (Lipinski definition) is 2. The first kappa shape index (κ1) is 19.7. The Bertz CT molecular complexity index is 995. The van der Waals surface area contributed by atoms with Crippen LogP contribution in [0.15, 0.2) is 45.8 Å². The number of amides is 2. The van der Waals surface area contributed by atoms with Crippen LogP contribution < -0.4 is 10.6 Å². The molecule has 0 unspecified atom stereocenters. The lowest BCUT2D eigenvalue weighted by Crippen LogP contribution is -2.19. The largest absolute Gasteiger partial charge is 0.325 e. The lowest BCUT2D eigenvalue weighted by molar-refractivity contribution is 0.262. The number of nitriles is 1. The van der Waals surface area contributed by atoms with Crippen molar-refractivity contribution in [2.45, 2.75) is 31.1 Å². The molecule has 3 rings (SSSR count). The number of hydrogen-bond acceptors (Lipinski definition) is 5. The van der Waals surface area contributed by atoms with Gasteiger partial charge in [0.1, 0.15) is 5.40 Å². The summed E-state index contributed by atoms with van der Waals surface area (Å²) in [7, 11) is 0. The number of fused-ring (bicyclic) bond motifs is 1. The van der Waals surface area contributed by atoms with Gasteiger partial charge in [-0.1, -0.05) is 40.6 Å². The van der Waals surface area contributed by atoms with Crippen LogP contribution in [0.3, 0.4) is 0 Å². The van der Waals surface area contributed by atoms with Gasteiger partial charge >= 0.3 is 6.03 Å². The molecule has 0 aliphatic rings. The number of nitrogens with one attached hydrogen (secondary N) is 2. The van der Waals surface area contributed by atoms with Gasteiger partial charge in [-0.3, -0.25) is 5.32 Å². The molecular formula is C19H17BrN4OS2. The number of halogens is 1. The Hall–Kier alpha value is -2.08. The standard InChI is InChI=1S/C19H17BrN4OS2/c1-2-3-4-12-9-15(26-11-21)17-16(10-12)27-19(23-17)24-18(25)22-14-7-5-13(20)6-8-14/h5-10H,2-4H2,1H3,(H2,22,23,24,25). The molecule has 2 N–H and O–H groups in total. The summed E-state index contributed by atoms with van der Waals surface area (Å²) in [5, 5.41) is 17.3. The normalized spacial score (nSPS) is 10.6. The van der Waals surface area contributed by atoms with Gasteiger partial charge in [-0.25, -0.2) is 9.78 Å². The van der Waals surface area contributed by atoms with E-state index in [2.05, 4.69) is 49.9 Å². The van der Waals surface area contributed by atoms with Crippen molar-refractivity contribution in [3.05, 3.63) is 46.4 Å². The summed E-state index contributed by atoms with van der Waals surface area (Å²) in [6.07, 6.45) is 3.18. The predicted molar refractivity (Wildman–Crippen MR) is 116 cm³/mol. The Kier molecular flexibility index (Phi) is 6.72. The summed E-state index contributed by atoms with van der Waals surface area (Å²) in [5.41, 5.74) is 2.64. The minimum Gasteiger partial charge on any atom is -0.308 e. The molecule has 0 fully saturated rings. The van der Waals surface area contributed by atoms with E-state index in [-0.39, 0.29) is 6.03 Å². The molecule has 1 heterocycles. The van der Waals surface area contributed by atoms with Gasteiger partial charge in [-0.2, -0.15) is 5.26 Å². The van der Waals surface area contributed by atoms with Crippen LogP contribution in [-0.4, -0.2) is 11.0 Å². The first-order valence-electron chi connectivity index (χ1n) is 8.42. The Balaban J connectivity index is 1.80. The molecule has 0 atom stereocenters. The lowest BCUT2D eigenvalue weighted by Gasteiger charge is -2.05. The van der Waals surface area contributed by atoms with Crippen molar-refractivity contribution in [1.29, 1.82) is 5.26 Å². The van der Waals surface area contributed by atoms with E-state index in [4.69, 9.17) is 5.26 Å². The summed E-state index contributed by atoms with van der Waals surface area (Å²) in [4.78, 5) is 17.6. The molecule has 0 saturated heterocycles. The number of unbranched alkanes of at least 4 members (excludes halogenated alkanes) is 1. The van der Waals surface area contributed by atoms with Crippen LogP contribution in [-0.2, 0) is 6.42 Å². The average molecular weight is 461 g/mol. The fraction of sp³-hybridized carbons (Fsp3) is 0.211. The molecule has 5 nitrogen and oxygen atoms in total. The van der Waals surface area contributed by atoms with E-state index in [1.54, 1.807) is 0 Å². The van der Waals surface area contributed by atoms with Gasteiger partial charge < -0.3 is 5.32 Å². The highest BCUT2D eigenvalue weighted by Gasteiger charge is 2.13. The number of anilines is 2. The van der Waals surface area contributed by atoms with E-state index < -0.39 is 0 Å². The Morgan fingerprint density at radius 3 is 2.78 bits per heavy atom. The van der Waals surface area contributed by atoms with Crippen LogP contribution in [0.25, 0.3) is 10.2 Å². The summed E-state index contributed by atoms with van der Waals surface area (Å²) in [5.74, 6) is 0. The van der Waals surface area contributed by atoms with Gasteiger partial charge in [0.25, 0.3) is 0 Å². The van der Waals surface area contributed by atoms with Crippen molar-refractivity contribution < 1.29 is 4.79 Å². The summed E-state index contributed by atoms with van der Waals surface area (Å²) in [6, 6.07) is 11.1. The Morgan fingerprint density at radius 1 is 1.30 bits per heavy atom. The zero-order valence-electron chi connectivity index (χ0n) is 14.6. The number of carbonyl (C=O) groups excluding carboxylic acids is 1. The molecule has 1 aromatic heterocycles. The van der Waals surface area contributed by atoms with Crippen molar-refractivity contribution in [1.82, 2.24) is 4.98 Å². The van der Waals surface area contributed by atoms with Crippen molar-refractivity contribution in [2.75, 3.05) is 10.6 Å². The van der Waals surface area contributed by atoms with Crippen LogP contribution >= 0.6 is 39.0 Å². The van der Waals surface area contributed by atoms with E-state index in [0.29, 0.717) is 10.8 Å². The van der Waals surface area contributed by atoms with Crippen molar-refractivity contribution in [3.63, 3.8) is 0 Å². The van der Waals surface area contributed by atoms with Gasteiger partial charge in [0.15, 0.2) is 5.13 Å². The first-order chi connectivity index (χ1) is 13.1. The number of rotatable bonds is 6. The highest BCUT2D eigenvalue weighted by atomic mass is 79.9. The molecule has 8 heteroatoms. The van der Waals surface area contributed by atoms with Crippen molar-refractivity contribution in [3.8, 4) is 5.40 Å². The van der Waals surface area contributed by atoms with Crippen LogP contribution in [0.4, 0.5) is 15.6 Å². The molecule has 138 valence electrons. The third kappa shape index (κ3) is 5.22. The molecule has 3 aromatic rings. The third-order valence-corrected chi connectivity index (χ3v) is 5.89. The second-order valence-electron chi connectivity index (χ2n) is 5.84. The average Bonchev–Trinajstić information content (AvgIpc) is 3.04. The van der Waals surface area contributed by atoms with Crippen LogP contribution in [0.1, 0.15) is 25.3 Å². The smallest absolute Gasteiger partial charge is 0.308 e. The number of urea groups is 1. The molecule has 0 saturated carbocycles. The summed E-state index contributed by atoms with van der Waals surface area (Å²) in [6.45, 7) is 2.15. The maximum atomic E-state index is 12.2. The van der Waals surface area contributed by atoms with Gasteiger partial charge in [0.2, 0.25) is 0 Å². The fourth-order valence-electron chi connectivity index (χ4n) is 2.55. The monoisotopic (exact) mass is 460 g/mol. The number of thiazole rings is 1. The maximum absolute atomic E-state index is 12.2. The minimum atomic E-state index is -0.350. The molecule has 0 aliphatic heterocycles. The van der Waals surface area contributed by atoms with Crippen LogP contribution in [0.2, 0.25) is 0 Å². The SMILES string of the molecule is CCCCc1cc(SC#N)c2nc(NC(=O)Nc3ccc(Br)cc3)sc2c1. The van der Waals surface area contributed by atoms with Crippen molar-refractivity contribution in [2.24, 2.45) is 0 Å². The van der Waals surface area contributed by atoms with Gasteiger partial charge in [0, 0.05) is 15.1 Å². The first-order valence-corrected chi connectivity index (χ1v) is 10.8. The van der Waals surface area contributed by atoms with E-state index in [9.17, 15) is 4.79 Å². The van der Waals surface area contributed by atoms with Gasteiger partial charge in [0.05, 0.1) is 10.2 Å². The van der Waals surface area contributed by atoms with Gasteiger partial charge in [-0.15, -0.1) is 0 Å². The highest BCUT2D eigenvalue weighted by Crippen LogP contribution is 2.35. The van der Waals surface area contributed by atoms with Crippen LogP contribution in [0.5, 0.6) is 0 Å². The molecule has 27 heavy (non-hydrogen) atoms. The van der Waals surface area contributed by atoms with E-state index in [1.807, 2.05) is 30.3 Å². The molecule has 0 spiro atoms. The number of nitrogens with zero attached hydrogens (tertiary/aromatic N) is 2. The fourth-order valence-corrected chi connectivity index (χ4v) is 4.39. The molecule has 0 aliphatic carbocycles. The minimum absolute atomic E-state index is 0.350. The lowest BCUT2D eigenvalue weighted by atomic mass is 10.1.